The summed E-state index contributed by atoms with van der Waals surface area (Å²) in [6.07, 6.45) is 0.351. The molecule has 0 saturated carbocycles. The van der Waals surface area contributed by atoms with Gasteiger partial charge in [-0.15, -0.1) is 0 Å². The van der Waals surface area contributed by atoms with Crippen molar-refractivity contribution in [3.05, 3.63) is 101 Å². The average molecular weight is 429 g/mol. The van der Waals surface area contributed by atoms with Crippen LogP contribution in [0.1, 0.15) is 37.4 Å². The Morgan fingerprint density at radius 2 is 1.72 bits per heavy atom. The number of benzene rings is 3. The van der Waals surface area contributed by atoms with Crippen molar-refractivity contribution in [2.24, 2.45) is 5.73 Å². The van der Waals surface area contributed by atoms with Gasteiger partial charge in [-0.1, -0.05) is 42.5 Å². The Morgan fingerprint density at radius 1 is 1.00 bits per heavy atom. The van der Waals surface area contributed by atoms with Crippen LogP contribution in [0, 0.1) is 0 Å². The predicted octanol–water partition coefficient (Wildman–Crippen LogP) is 3.05. The van der Waals surface area contributed by atoms with E-state index in [2.05, 4.69) is 5.32 Å². The van der Waals surface area contributed by atoms with Gasteiger partial charge in [-0.3, -0.25) is 9.59 Å². The lowest BCUT2D eigenvalue weighted by molar-refractivity contribution is -0.120. The molecule has 4 N–H and O–H groups in total. The molecule has 7 nitrogen and oxygen atoms in total. The maximum absolute atomic E-state index is 13.3. The predicted molar refractivity (Wildman–Crippen MR) is 120 cm³/mol. The van der Waals surface area contributed by atoms with Crippen LogP contribution in [0.4, 0.5) is 5.69 Å². The van der Waals surface area contributed by atoms with Gasteiger partial charge in [0.25, 0.3) is 5.91 Å². The van der Waals surface area contributed by atoms with E-state index in [9.17, 15) is 14.4 Å². The molecule has 0 unspecified atom stereocenters. The number of fused-ring (bicyclic) bond motifs is 1. The molecule has 162 valence electrons. The molecule has 0 spiro atoms. The number of carbonyl (C=O) groups is 3. The maximum atomic E-state index is 13.3. The van der Waals surface area contributed by atoms with Crippen molar-refractivity contribution in [2.75, 3.05) is 5.32 Å². The van der Waals surface area contributed by atoms with Crippen LogP contribution in [0.15, 0.2) is 72.8 Å². The molecule has 0 saturated heterocycles. The first-order chi connectivity index (χ1) is 15.5. The number of hydrogen-bond acceptors (Lipinski definition) is 4. The van der Waals surface area contributed by atoms with Gasteiger partial charge < -0.3 is 21.1 Å². The minimum atomic E-state index is -1.04. The van der Waals surface area contributed by atoms with E-state index >= 15 is 0 Å². The fourth-order valence-corrected chi connectivity index (χ4v) is 3.88. The Hall–Kier alpha value is -3.97. The first-order valence-corrected chi connectivity index (χ1v) is 10.3. The molecule has 1 aliphatic heterocycles. The van der Waals surface area contributed by atoms with Crippen molar-refractivity contribution in [2.45, 2.75) is 25.6 Å². The van der Waals surface area contributed by atoms with E-state index < -0.39 is 12.0 Å². The minimum absolute atomic E-state index is 0.129. The van der Waals surface area contributed by atoms with Gasteiger partial charge in [-0.2, -0.15) is 0 Å². The molecular weight excluding hydrogens is 406 g/mol. The molecule has 3 aromatic rings. The first-order valence-electron chi connectivity index (χ1n) is 10.3. The molecule has 1 aliphatic rings. The fraction of sp³-hybridized carbons (Fsp3) is 0.160. The number of carboxylic acids is 1. The molecule has 0 fully saturated rings. The van der Waals surface area contributed by atoms with Crippen molar-refractivity contribution in [3.63, 3.8) is 0 Å². The molecular formula is C25H23N3O4. The second-order valence-electron chi connectivity index (χ2n) is 7.71. The van der Waals surface area contributed by atoms with E-state index in [0.29, 0.717) is 30.8 Å². The molecule has 0 aromatic heterocycles. The molecule has 32 heavy (non-hydrogen) atoms. The standard InChI is InChI=1S/C25H23N3O4/c26-14-17-6-11-21-19(12-17)15-28(24(21)30)22(13-16-4-2-1-3-5-16)23(29)27-20-9-7-18(8-10-20)25(31)32/h1-12,22H,13-15,26H2,(H,27,29)(H,31,32)/t22-/m0/s1. The maximum Gasteiger partial charge on any atom is 0.335 e. The highest BCUT2D eigenvalue weighted by atomic mass is 16.4. The van der Waals surface area contributed by atoms with E-state index in [1.54, 1.807) is 11.0 Å². The molecule has 4 rings (SSSR count). The van der Waals surface area contributed by atoms with Crippen LogP contribution in [-0.4, -0.2) is 33.8 Å². The number of rotatable bonds is 7. The third-order valence-electron chi connectivity index (χ3n) is 5.59. The number of amides is 2. The zero-order chi connectivity index (χ0) is 22.7. The highest BCUT2D eigenvalue weighted by Gasteiger charge is 2.36. The zero-order valence-corrected chi connectivity index (χ0v) is 17.3. The highest BCUT2D eigenvalue weighted by molar-refractivity contribution is 6.03. The molecule has 3 aromatic carbocycles. The number of carboxylic acid groups (broad SMARTS) is 1. The van der Waals surface area contributed by atoms with Crippen LogP contribution < -0.4 is 11.1 Å². The summed E-state index contributed by atoms with van der Waals surface area (Å²) in [5.74, 6) is -1.57. The summed E-state index contributed by atoms with van der Waals surface area (Å²) in [7, 11) is 0. The molecule has 1 atom stereocenters. The monoisotopic (exact) mass is 429 g/mol. The van der Waals surface area contributed by atoms with Gasteiger partial charge in [0.05, 0.1) is 5.56 Å². The van der Waals surface area contributed by atoms with Crippen molar-refractivity contribution in [1.82, 2.24) is 4.90 Å². The van der Waals surface area contributed by atoms with Crippen molar-refractivity contribution in [3.8, 4) is 0 Å². The summed E-state index contributed by atoms with van der Waals surface area (Å²) >= 11 is 0. The van der Waals surface area contributed by atoms with E-state index in [1.807, 2.05) is 42.5 Å². The van der Waals surface area contributed by atoms with Gasteiger partial charge in [-0.25, -0.2) is 4.79 Å². The lowest BCUT2D eigenvalue weighted by Crippen LogP contribution is -2.45. The van der Waals surface area contributed by atoms with Gasteiger partial charge in [0.2, 0.25) is 5.91 Å². The minimum Gasteiger partial charge on any atom is -0.478 e. The summed E-state index contributed by atoms with van der Waals surface area (Å²) in [5.41, 5.74) is 9.63. The quantitative estimate of drug-likeness (QED) is 0.534. The number of hydrogen-bond donors (Lipinski definition) is 3. The smallest absolute Gasteiger partial charge is 0.335 e. The topological polar surface area (TPSA) is 113 Å². The number of aromatic carboxylic acids is 1. The summed E-state index contributed by atoms with van der Waals surface area (Å²) in [4.78, 5) is 39.1. The largest absolute Gasteiger partial charge is 0.478 e. The molecule has 0 aliphatic carbocycles. The molecule has 0 bridgehead atoms. The molecule has 0 radical (unpaired) electrons. The summed E-state index contributed by atoms with van der Waals surface area (Å²) in [5, 5.41) is 11.9. The number of nitrogens with zero attached hydrogens (tertiary/aromatic N) is 1. The average Bonchev–Trinajstić information content (AvgIpc) is 3.13. The van der Waals surface area contributed by atoms with Gasteiger partial charge in [0.15, 0.2) is 0 Å². The number of anilines is 1. The van der Waals surface area contributed by atoms with Gasteiger partial charge in [0.1, 0.15) is 6.04 Å². The van der Waals surface area contributed by atoms with Crippen molar-refractivity contribution >= 4 is 23.5 Å². The van der Waals surface area contributed by atoms with Crippen LogP contribution in [-0.2, 0) is 24.3 Å². The zero-order valence-electron chi connectivity index (χ0n) is 17.3. The van der Waals surface area contributed by atoms with E-state index in [0.717, 1.165) is 16.7 Å². The van der Waals surface area contributed by atoms with Crippen LogP contribution in [0.5, 0.6) is 0 Å². The Morgan fingerprint density at radius 3 is 2.38 bits per heavy atom. The van der Waals surface area contributed by atoms with Crippen molar-refractivity contribution < 1.29 is 19.5 Å². The lowest BCUT2D eigenvalue weighted by Gasteiger charge is -2.27. The Balaban J connectivity index is 1.61. The molecule has 2 amide bonds. The van der Waals surface area contributed by atoms with Crippen LogP contribution in [0.3, 0.4) is 0 Å². The van der Waals surface area contributed by atoms with E-state index in [4.69, 9.17) is 10.8 Å². The number of nitrogens with one attached hydrogen (secondary N) is 1. The van der Waals surface area contributed by atoms with Crippen LogP contribution in [0.25, 0.3) is 0 Å². The molecule has 7 heteroatoms. The summed E-state index contributed by atoms with van der Waals surface area (Å²) in [6, 6.07) is 20.2. The third-order valence-corrected chi connectivity index (χ3v) is 5.59. The van der Waals surface area contributed by atoms with Crippen LogP contribution >= 0.6 is 0 Å². The number of carbonyl (C=O) groups excluding carboxylic acids is 2. The fourth-order valence-electron chi connectivity index (χ4n) is 3.88. The van der Waals surface area contributed by atoms with Gasteiger partial charge in [-0.05, 0) is 47.0 Å². The Kier molecular flexibility index (Phi) is 6.00. The Bertz CT molecular complexity index is 1160. The lowest BCUT2D eigenvalue weighted by atomic mass is 10.0. The van der Waals surface area contributed by atoms with Crippen molar-refractivity contribution in [1.29, 1.82) is 0 Å². The second kappa shape index (κ2) is 9.03. The van der Waals surface area contributed by atoms with Gasteiger partial charge in [0, 0.05) is 30.8 Å². The van der Waals surface area contributed by atoms with Crippen LogP contribution in [0.2, 0.25) is 0 Å². The normalized spacial score (nSPS) is 13.5. The first kappa shape index (κ1) is 21.3. The summed E-state index contributed by atoms with van der Waals surface area (Å²) in [6.45, 7) is 0.701. The van der Waals surface area contributed by atoms with E-state index in [-0.39, 0.29) is 17.4 Å². The SMILES string of the molecule is NCc1ccc2c(c1)CN([C@@H](Cc1ccccc1)C(=O)Nc1ccc(C(=O)O)cc1)C2=O. The van der Waals surface area contributed by atoms with E-state index in [1.165, 1.54) is 24.3 Å². The molecule has 1 heterocycles. The Labute approximate surface area is 185 Å². The summed E-state index contributed by atoms with van der Waals surface area (Å²) < 4.78 is 0. The third kappa shape index (κ3) is 4.38. The highest BCUT2D eigenvalue weighted by Crippen LogP contribution is 2.27. The van der Waals surface area contributed by atoms with Gasteiger partial charge >= 0.3 is 5.97 Å². The second-order valence-corrected chi connectivity index (χ2v) is 7.71. The number of nitrogens with two attached hydrogens (primary N) is 1.